The molecule has 0 saturated heterocycles. The van der Waals surface area contributed by atoms with Gasteiger partial charge < -0.3 is 14.2 Å². The van der Waals surface area contributed by atoms with Gasteiger partial charge in [-0.25, -0.2) is 4.79 Å². The molecule has 0 spiro atoms. The number of alkyl halides is 3. The molecule has 1 aliphatic carbocycles. The Kier molecular flexibility index (Phi) is 7.63. The van der Waals surface area contributed by atoms with Crippen molar-refractivity contribution in [2.45, 2.75) is 50.3 Å². The molecule has 0 amide bonds. The molecule has 1 saturated carbocycles. The summed E-state index contributed by atoms with van der Waals surface area (Å²) < 4.78 is 55.3. The SMILES string of the molecule is COC(=O)C(Oc1ccc(C2CCCCC2)cc1)c1ccc(Oc2cccc(C(F)(F)F)c2)cc1. The Morgan fingerprint density at radius 3 is 2.14 bits per heavy atom. The minimum Gasteiger partial charge on any atom is -0.474 e. The Morgan fingerprint density at radius 1 is 0.857 bits per heavy atom. The van der Waals surface area contributed by atoms with Crippen LogP contribution >= 0.6 is 0 Å². The van der Waals surface area contributed by atoms with E-state index in [-0.39, 0.29) is 5.75 Å². The van der Waals surface area contributed by atoms with Gasteiger partial charge in [0.1, 0.15) is 17.2 Å². The first-order valence-electron chi connectivity index (χ1n) is 11.6. The van der Waals surface area contributed by atoms with E-state index in [1.165, 1.54) is 56.9 Å². The van der Waals surface area contributed by atoms with E-state index in [2.05, 4.69) is 0 Å². The zero-order chi connectivity index (χ0) is 24.8. The van der Waals surface area contributed by atoms with Gasteiger partial charge in [-0.2, -0.15) is 13.2 Å². The summed E-state index contributed by atoms with van der Waals surface area (Å²) in [5.41, 5.74) is 1.02. The summed E-state index contributed by atoms with van der Waals surface area (Å²) in [6.45, 7) is 0. The van der Waals surface area contributed by atoms with E-state index in [1.54, 1.807) is 24.3 Å². The molecular formula is C28H27F3O4. The number of benzene rings is 3. The van der Waals surface area contributed by atoms with Crippen LogP contribution in [0.25, 0.3) is 0 Å². The molecule has 4 nitrogen and oxygen atoms in total. The monoisotopic (exact) mass is 484 g/mol. The lowest BCUT2D eigenvalue weighted by molar-refractivity contribution is -0.149. The van der Waals surface area contributed by atoms with Crippen molar-refractivity contribution < 1.29 is 32.2 Å². The number of hydrogen-bond donors (Lipinski definition) is 0. The summed E-state index contributed by atoms with van der Waals surface area (Å²) in [6, 6.07) is 18.9. The molecule has 1 fully saturated rings. The van der Waals surface area contributed by atoms with Crippen molar-refractivity contribution in [3.05, 3.63) is 89.5 Å². The highest BCUT2D eigenvalue weighted by atomic mass is 19.4. The van der Waals surface area contributed by atoms with Crippen molar-refractivity contribution in [1.29, 1.82) is 0 Å². The minimum absolute atomic E-state index is 0.0615. The molecule has 184 valence electrons. The lowest BCUT2D eigenvalue weighted by Crippen LogP contribution is -2.20. The summed E-state index contributed by atoms with van der Waals surface area (Å²) >= 11 is 0. The molecule has 0 bridgehead atoms. The highest BCUT2D eigenvalue weighted by Gasteiger charge is 2.30. The minimum atomic E-state index is -4.46. The third-order valence-electron chi connectivity index (χ3n) is 6.21. The average molecular weight is 485 g/mol. The molecule has 0 radical (unpaired) electrons. The van der Waals surface area contributed by atoms with Crippen LogP contribution in [0.2, 0.25) is 0 Å². The second-order valence-corrected chi connectivity index (χ2v) is 8.62. The van der Waals surface area contributed by atoms with Crippen molar-refractivity contribution in [2.75, 3.05) is 7.11 Å². The second kappa shape index (κ2) is 10.8. The zero-order valence-corrected chi connectivity index (χ0v) is 19.4. The van der Waals surface area contributed by atoms with E-state index in [1.807, 2.05) is 24.3 Å². The van der Waals surface area contributed by atoms with Crippen LogP contribution in [-0.2, 0) is 15.7 Å². The van der Waals surface area contributed by atoms with E-state index in [0.717, 1.165) is 12.1 Å². The third-order valence-corrected chi connectivity index (χ3v) is 6.21. The fourth-order valence-electron chi connectivity index (χ4n) is 4.33. The first kappa shape index (κ1) is 24.6. The van der Waals surface area contributed by atoms with Gasteiger partial charge >= 0.3 is 12.1 Å². The van der Waals surface area contributed by atoms with Crippen molar-refractivity contribution in [1.82, 2.24) is 0 Å². The molecule has 7 heteroatoms. The molecule has 0 N–H and O–H groups in total. The van der Waals surface area contributed by atoms with E-state index >= 15 is 0 Å². The fourth-order valence-corrected chi connectivity index (χ4v) is 4.33. The maximum absolute atomic E-state index is 12.9. The number of halogens is 3. The molecule has 0 aromatic heterocycles. The Labute approximate surface area is 202 Å². The molecule has 4 rings (SSSR count). The van der Waals surface area contributed by atoms with Crippen LogP contribution in [0, 0.1) is 0 Å². The lowest BCUT2D eigenvalue weighted by atomic mass is 9.84. The summed E-state index contributed by atoms with van der Waals surface area (Å²) in [5, 5.41) is 0. The van der Waals surface area contributed by atoms with Gasteiger partial charge in [-0.3, -0.25) is 0 Å². The van der Waals surface area contributed by atoms with E-state index in [9.17, 15) is 18.0 Å². The van der Waals surface area contributed by atoms with Crippen molar-refractivity contribution >= 4 is 5.97 Å². The van der Waals surface area contributed by atoms with Crippen molar-refractivity contribution in [2.24, 2.45) is 0 Å². The van der Waals surface area contributed by atoms with E-state index in [0.29, 0.717) is 23.0 Å². The van der Waals surface area contributed by atoms with Crippen LogP contribution in [0.15, 0.2) is 72.8 Å². The molecule has 35 heavy (non-hydrogen) atoms. The fraction of sp³-hybridized carbons (Fsp3) is 0.321. The molecular weight excluding hydrogens is 457 g/mol. The van der Waals surface area contributed by atoms with Crippen molar-refractivity contribution in [3.8, 4) is 17.2 Å². The van der Waals surface area contributed by atoms with Crippen LogP contribution < -0.4 is 9.47 Å². The highest BCUT2D eigenvalue weighted by molar-refractivity contribution is 5.77. The van der Waals surface area contributed by atoms with Gasteiger partial charge in [-0.15, -0.1) is 0 Å². The number of ether oxygens (including phenoxy) is 3. The van der Waals surface area contributed by atoms with Gasteiger partial charge in [0, 0.05) is 5.56 Å². The number of carbonyl (C=O) groups is 1. The number of methoxy groups -OCH3 is 1. The average Bonchev–Trinajstić information content (AvgIpc) is 2.88. The summed E-state index contributed by atoms with van der Waals surface area (Å²) in [5.74, 6) is 0.940. The maximum Gasteiger partial charge on any atom is 0.416 e. The molecule has 1 atom stereocenters. The predicted octanol–water partition coefficient (Wildman–Crippen LogP) is 7.84. The number of carbonyl (C=O) groups excluding carboxylic acids is 1. The Bertz CT molecular complexity index is 1120. The Morgan fingerprint density at radius 2 is 1.51 bits per heavy atom. The normalized spacial score (nSPS) is 15.3. The van der Waals surface area contributed by atoms with Crippen molar-refractivity contribution in [3.63, 3.8) is 0 Å². The first-order chi connectivity index (χ1) is 16.8. The summed E-state index contributed by atoms with van der Waals surface area (Å²) in [6.07, 6.45) is 0.732. The smallest absolute Gasteiger partial charge is 0.416 e. The molecule has 0 aliphatic heterocycles. The molecule has 1 aliphatic rings. The number of esters is 1. The highest BCUT2D eigenvalue weighted by Crippen LogP contribution is 2.35. The van der Waals surface area contributed by atoms with E-state index in [4.69, 9.17) is 14.2 Å². The Hall–Kier alpha value is -3.48. The molecule has 1 unspecified atom stereocenters. The van der Waals surface area contributed by atoms with Crippen LogP contribution in [0.1, 0.15) is 60.8 Å². The first-order valence-corrected chi connectivity index (χ1v) is 11.6. The largest absolute Gasteiger partial charge is 0.474 e. The van der Waals surface area contributed by atoms with Gasteiger partial charge in [0.15, 0.2) is 0 Å². The topological polar surface area (TPSA) is 44.8 Å². The number of hydrogen-bond acceptors (Lipinski definition) is 4. The van der Waals surface area contributed by atoms with Gasteiger partial charge in [0.25, 0.3) is 0 Å². The zero-order valence-electron chi connectivity index (χ0n) is 19.4. The third kappa shape index (κ3) is 6.35. The van der Waals surface area contributed by atoms with Gasteiger partial charge in [0.2, 0.25) is 6.10 Å². The van der Waals surface area contributed by atoms with Gasteiger partial charge in [-0.05, 0) is 66.8 Å². The second-order valence-electron chi connectivity index (χ2n) is 8.62. The van der Waals surface area contributed by atoms with Crippen LogP contribution in [0.5, 0.6) is 17.2 Å². The standard InChI is InChI=1S/C28H27F3O4/c1-33-27(32)26(35-24-14-10-20(11-15-24)19-6-3-2-4-7-19)21-12-16-23(17-13-21)34-25-9-5-8-22(18-25)28(29,30)31/h5,8-19,26H,2-4,6-7H2,1H3. The van der Waals surface area contributed by atoms with Crippen LogP contribution in [0.4, 0.5) is 13.2 Å². The predicted molar refractivity (Wildman–Crippen MR) is 126 cm³/mol. The number of rotatable bonds is 7. The Balaban J connectivity index is 1.46. The lowest BCUT2D eigenvalue weighted by Gasteiger charge is -2.22. The summed E-state index contributed by atoms with van der Waals surface area (Å²) in [4.78, 5) is 12.5. The van der Waals surface area contributed by atoms with Crippen LogP contribution in [0.3, 0.4) is 0 Å². The summed E-state index contributed by atoms with van der Waals surface area (Å²) in [7, 11) is 1.29. The van der Waals surface area contributed by atoms with Gasteiger partial charge in [-0.1, -0.05) is 49.6 Å². The molecule has 3 aromatic rings. The quantitative estimate of drug-likeness (QED) is 0.321. The molecule has 0 heterocycles. The van der Waals surface area contributed by atoms with Crippen LogP contribution in [-0.4, -0.2) is 13.1 Å². The maximum atomic E-state index is 12.9. The van der Waals surface area contributed by atoms with Gasteiger partial charge in [0.05, 0.1) is 12.7 Å². The molecule has 3 aromatic carbocycles. The van der Waals surface area contributed by atoms with E-state index < -0.39 is 23.8 Å².